The van der Waals surface area contributed by atoms with Gasteiger partial charge in [0.2, 0.25) is 15.9 Å². The lowest BCUT2D eigenvalue weighted by molar-refractivity contribution is -0.121. The summed E-state index contributed by atoms with van der Waals surface area (Å²) in [5, 5.41) is 0. The van der Waals surface area contributed by atoms with E-state index in [0.29, 0.717) is 0 Å². The van der Waals surface area contributed by atoms with Crippen LogP contribution in [0.15, 0.2) is 53.6 Å². The zero-order chi connectivity index (χ0) is 18.3. The molecule has 2 rings (SSSR count). The molecule has 1 aromatic carbocycles. The lowest BCUT2D eigenvalue weighted by atomic mass is 10.3. The van der Waals surface area contributed by atoms with Crippen LogP contribution in [-0.2, 0) is 14.8 Å². The van der Waals surface area contributed by atoms with Crippen LogP contribution in [0.5, 0.6) is 0 Å². The summed E-state index contributed by atoms with van der Waals surface area (Å²) in [6.07, 6.45) is 1.23. The molecule has 0 fully saturated rings. The van der Waals surface area contributed by atoms with E-state index in [4.69, 9.17) is 0 Å². The summed E-state index contributed by atoms with van der Waals surface area (Å²) in [7, 11) is -3.84. The number of nitrogens with zero attached hydrogens (tertiary/aromatic N) is 1. The van der Waals surface area contributed by atoms with Gasteiger partial charge in [-0.25, -0.2) is 17.5 Å². The number of aromatic nitrogens is 1. The van der Waals surface area contributed by atoms with Crippen molar-refractivity contribution >= 4 is 21.8 Å². The molecule has 0 bridgehead atoms. The van der Waals surface area contributed by atoms with E-state index in [2.05, 4.69) is 20.6 Å². The maximum absolute atomic E-state index is 12.8. The Labute approximate surface area is 143 Å². The summed E-state index contributed by atoms with van der Waals surface area (Å²) < 4.78 is 38.9. The van der Waals surface area contributed by atoms with Crippen LogP contribution in [0, 0.1) is 5.82 Å². The number of benzene rings is 1. The Morgan fingerprint density at radius 2 is 1.76 bits per heavy atom. The quantitative estimate of drug-likeness (QED) is 0.638. The highest BCUT2D eigenvalue weighted by Crippen LogP contribution is 2.09. The third-order valence-corrected chi connectivity index (χ3v) is 4.46. The summed E-state index contributed by atoms with van der Waals surface area (Å²) in [6, 6.07) is 9.01. The van der Waals surface area contributed by atoms with E-state index in [1.54, 1.807) is 12.1 Å². The molecule has 10 heteroatoms. The molecule has 0 aliphatic carbocycles. The molecule has 0 unspecified atom stereocenters. The van der Waals surface area contributed by atoms with Crippen molar-refractivity contribution in [3.63, 3.8) is 0 Å². The third kappa shape index (κ3) is 5.62. The number of nitrogens with one attached hydrogen (secondary N) is 3. The Balaban J connectivity index is 1.76. The number of hydrogen-bond acceptors (Lipinski definition) is 5. The van der Waals surface area contributed by atoms with Crippen molar-refractivity contribution in [2.24, 2.45) is 0 Å². The van der Waals surface area contributed by atoms with Crippen LogP contribution in [0.1, 0.15) is 16.9 Å². The molecule has 0 saturated heterocycles. The highest BCUT2D eigenvalue weighted by molar-refractivity contribution is 7.89. The van der Waals surface area contributed by atoms with Crippen LogP contribution >= 0.6 is 0 Å². The number of pyridine rings is 1. The van der Waals surface area contributed by atoms with Crippen molar-refractivity contribution in [1.29, 1.82) is 0 Å². The zero-order valence-corrected chi connectivity index (χ0v) is 13.7. The van der Waals surface area contributed by atoms with Gasteiger partial charge < -0.3 is 0 Å². The molecular weight excluding hydrogens is 351 g/mol. The van der Waals surface area contributed by atoms with Crippen LogP contribution in [0.4, 0.5) is 4.39 Å². The van der Waals surface area contributed by atoms with Crippen LogP contribution in [0.3, 0.4) is 0 Å². The van der Waals surface area contributed by atoms with Gasteiger partial charge in [0, 0.05) is 19.2 Å². The number of hydrazine groups is 1. The van der Waals surface area contributed by atoms with Gasteiger partial charge in [-0.2, -0.15) is 0 Å². The van der Waals surface area contributed by atoms with E-state index >= 15 is 0 Å². The molecule has 0 atom stereocenters. The fourth-order valence-electron chi connectivity index (χ4n) is 1.75. The molecule has 25 heavy (non-hydrogen) atoms. The molecule has 0 aliphatic heterocycles. The molecular formula is C15H15FN4O4S. The molecule has 0 radical (unpaired) electrons. The highest BCUT2D eigenvalue weighted by Gasteiger charge is 2.14. The van der Waals surface area contributed by atoms with Gasteiger partial charge >= 0.3 is 0 Å². The fourth-order valence-corrected chi connectivity index (χ4v) is 2.78. The number of rotatable bonds is 6. The van der Waals surface area contributed by atoms with E-state index in [-0.39, 0.29) is 23.6 Å². The predicted molar refractivity (Wildman–Crippen MR) is 86.1 cm³/mol. The van der Waals surface area contributed by atoms with Crippen molar-refractivity contribution in [3.05, 3.63) is 60.2 Å². The topological polar surface area (TPSA) is 117 Å². The summed E-state index contributed by atoms with van der Waals surface area (Å²) in [6.45, 7) is -0.189. The maximum atomic E-state index is 12.8. The summed E-state index contributed by atoms with van der Waals surface area (Å²) in [5.74, 6) is -1.74. The smallest absolute Gasteiger partial charge is 0.273 e. The molecule has 1 aromatic heterocycles. The first-order chi connectivity index (χ1) is 11.9. The number of hydrogen-bond donors (Lipinski definition) is 3. The second-order valence-electron chi connectivity index (χ2n) is 4.82. The molecule has 0 aliphatic rings. The van der Waals surface area contributed by atoms with E-state index < -0.39 is 27.7 Å². The first kappa shape index (κ1) is 18.5. The van der Waals surface area contributed by atoms with Gasteiger partial charge in [0.05, 0.1) is 4.90 Å². The minimum absolute atomic E-state index is 0.113. The normalized spacial score (nSPS) is 10.9. The van der Waals surface area contributed by atoms with Crippen LogP contribution < -0.4 is 15.6 Å². The predicted octanol–water partition coefficient (Wildman–Crippen LogP) is 0.350. The molecule has 2 amide bonds. The SMILES string of the molecule is O=C(CCNS(=O)(=O)c1ccc(F)cc1)NNC(=O)c1ccccn1. The second kappa shape index (κ2) is 8.31. The van der Waals surface area contributed by atoms with Crippen LogP contribution in [0.2, 0.25) is 0 Å². The molecule has 2 aromatic rings. The minimum Gasteiger partial charge on any atom is -0.273 e. The van der Waals surface area contributed by atoms with Gasteiger partial charge in [-0.1, -0.05) is 6.07 Å². The van der Waals surface area contributed by atoms with Crippen molar-refractivity contribution in [1.82, 2.24) is 20.6 Å². The first-order valence-corrected chi connectivity index (χ1v) is 8.62. The molecule has 8 nitrogen and oxygen atoms in total. The van der Waals surface area contributed by atoms with Crippen molar-refractivity contribution in [2.75, 3.05) is 6.54 Å². The Hall–Kier alpha value is -2.85. The van der Waals surface area contributed by atoms with Crippen molar-refractivity contribution < 1.29 is 22.4 Å². The summed E-state index contributed by atoms with van der Waals surface area (Å²) >= 11 is 0. The van der Waals surface area contributed by atoms with Crippen LogP contribution in [-0.4, -0.2) is 31.8 Å². The Kier molecular flexibility index (Phi) is 6.14. The van der Waals surface area contributed by atoms with Gasteiger partial charge in [0.1, 0.15) is 11.5 Å². The number of halogens is 1. The average Bonchev–Trinajstić information content (AvgIpc) is 2.60. The Morgan fingerprint density at radius 1 is 1.04 bits per heavy atom. The van der Waals surface area contributed by atoms with Crippen molar-refractivity contribution in [3.8, 4) is 0 Å². The van der Waals surface area contributed by atoms with E-state index in [1.165, 1.54) is 12.3 Å². The third-order valence-electron chi connectivity index (χ3n) is 2.98. The standard InChI is InChI=1S/C15H15FN4O4S/c16-11-4-6-12(7-5-11)25(23,24)18-10-8-14(21)19-20-15(22)13-3-1-2-9-17-13/h1-7,9,18H,8,10H2,(H,19,21)(H,20,22). The average molecular weight is 366 g/mol. The lowest BCUT2D eigenvalue weighted by Gasteiger charge is -2.08. The largest absolute Gasteiger partial charge is 0.288 e. The van der Waals surface area contributed by atoms with Crippen molar-refractivity contribution in [2.45, 2.75) is 11.3 Å². The maximum Gasteiger partial charge on any atom is 0.288 e. The Bertz CT molecular complexity index is 842. The fraction of sp³-hybridized carbons (Fsp3) is 0.133. The Morgan fingerprint density at radius 3 is 2.40 bits per heavy atom. The van der Waals surface area contributed by atoms with Gasteiger partial charge in [0.15, 0.2) is 0 Å². The number of carbonyl (C=O) groups excluding carboxylic acids is 2. The number of carbonyl (C=O) groups is 2. The molecule has 0 saturated carbocycles. The molecule has 1 heterocycles. The molecule has 0 spiro atoms. The molecule has 132 valence electrons. The van der Waals surface area contributed by atoms with E-state index in [1.807, 2.05) is 0 Å². The summed E-state index contributed by atoms with van der Waals surface area (Å²) in [5.41, 5.74) is 4.44. The number of amides is 2. The van der Waals surface area contributed by atoms with Gasteiger partial charge in [0.25, 0.3) is 5.91 Å². The van der Waals surface area contributed by atoms with E-state index in [9.17, 15) is 22.4 Å². The van der Waals surface area contributed by atoms with Gasteiger partial charge in [-0.05, 0) is 36.4 Å². The monoisotopic (exact) mass is 366 g/mol. The zero-order valence-electron chi connectivity index (χ0n) is 12.9. The summed E-state index contributed by atoms with van der Waals surface area (Å²) in [4.78, 5) is 27.0. The molecule has 3 N–H and O–H groups in total. The van der Waals surface area contributed by atoms with Gasteiger partial charge in [-0.3, -0.25) is 25.4 Å². The minimum atomic E-state index is -3.84. The number of sulfonamides is 1. The second-order valence-corrected chi connectivity index (χ2v) is 6.59. The lowest BCUT2D eigenvalue weighted by Crippen LogP contribution is -2.43. The van der Waals surface area contributed by atoms with Crippen LogP contribution in [0.25, 0.3) is 0 Å². The van der Waals surface area contributed by atoms with E-state index in [0.717, 1.165) is 24.3 Å². The first-order valence-electron chi connectivity index (χ1n) is 7.14. The van der Waals surface area contributed by atoms with Gasteiger partial charge in [-0.15, -0.1) is 0 Å². The highest BCUT2D eigenvalue weighted by atomic mass is 32.2.